The van der Waals surface area contributed by atoms with Crippen LogP contribution >= 0.6 is 0 Å². The van der Waals surface area contributed by atoms with E-state index in [1.54, 1.807) is 53.9 Å². The summed E-state index contributed by atoms with van der Waals surface area (Å²) < 4.78 is 28.2. The number of para-hydroxylation sites is 1. The molecule has 352 valence electrons. The number of nitrogens with zero attached hydrogens (tertiary/aromatic N) is 6. The molecule has 16 nitrogen and oxygen atoms in total. The number of benzene rings is 5. The highest BCUT2D eigenvalue weighted by Gasteiger charge is 2.33. The smallest absolute Gasteiger partial charge is 0.329 e. The van der Waals surface area contributed by atoms with Crippen molar-refractivity contribution in [1.29, 1.82) is 0 Å². The first kappa shape index (κ1) is 44.9. The number of nitrogens with one attached hydrogen (secondary N) is 3. The second-order valence-corrected chi connectivity index (χ2v) is 17.8. The van der Waals surface area contributed by atoms with Crippen molar-refractivity contribution in [3.8, 4) is 22.3 Å². The number of carbonyl (C=O) groups is 5. The molecule has 3 aliphatic heterocycles. The van der Waals surface area contributed by atoms with E-state index in [0.29, 0.717) is 71.8 Å². The van der Waals surface area contributed by atoms with E-state index in [0.717, 1.165) is 41.6 Å². The van der Waals surface area contributed by atoms with Crippen LogP contribution in [0, 0.1) is 5.82 Å². The van der Waals surface area contributed by atoms with Gasteiger partial charge >= 0.3 is 5.69 Å². The summed E-state index contributed by atoms with van der Waals surface area (Å²) in [5.41, 5.74) is 6.97. The summed E-state index contributed by atoms with van der Waals surface area (Å²) in [6.07, 6.45) is 3.13. The van der Waals surface area contributed by atoms with Crippen LogP contribution in [-0.4, -0.2) is 81.2 Å². The van der Waals surface area contributed by atoms with E-state index in [4.69, 9.17) is 4.74 Å². The Bertz CT molecular complexity index is 3290. The summed E-state index contributed by atoms with van der Waals surface area (Å²) in [7, 11) is 4.87. The highest BCUT2D eigenvalue weighted by molar-refractivity contribution is 6.12. The monoisotopic (exact) mass is 931 g/mol. The Labute approximate surface area is 395 Å². The average molecular weight is 932 g/mol. The van der Waals surface area contributed by atoms with Gasteiger partial charge in [-0.2, -0.15) is 5.10 Å². The molecule has 0 aliphatic carbocycles. The lowest BCUT2D eigenvalue weighted by Gasteiger charge is -2.34. The molecular weight excluding hydrogens is 882 g/mol. The first-order valence-corrected chi connectivity index (χ1v) is 23.1. The van der Waals surface area contributed by atoms with Crippen LogP contribution < -0.4 is 31.4 Å². The van der Waals surface area contributed by atoms with Gasteiger partial charge in [-0.1, -0.05) is 42.5 Å². The standard InChI is InChI=1S/C52H50FN9O7/c1-54-49(65)32-7-4-8-33(27-32)55-51(67)47-45-39(59(3)57-47)19-18-37(46(45)53)36-17-16-34(61-24-6-11-44(61)64)28-38(36)31-14-12-30(13-15-31)29-69-35-22-25-60(26-23-35)40-9-5-10-41-48(40)58(2)52(68)62(41)42-20-21-43(63)56-50(42)66/h4-5,7-10,12-19,27-28,35,42H,6,11,20-26,29H2,1-3H3,(H,54,65)(H,55,67)(H,56,63,66). The molecule has 1 atom stereocenters. The van der Waals surface area contributed by atoms with Gasteiger partial charge in [-0.3, -0.25) is 43.1 Å². The molecule has 10 rings (SSSR count). The number of carbonyl (C=O) groups excluding carboxylic acids is 5. The summed E-state index contributed by atoms with van der Waals surface area (Å²) in [5.74, 6) is -2.35. The van der Waals surface area contributed by atoms with Gasteiger partial charge in [0, 0.05) is 76.1 Å². The number of anilines is 3. The minimum atomic E-state index is -0.759. The Morgan fingerprint density at radius 1 is 0.812 bits per heavy atom. The molecule has 7 aromatic rings. The predicted octanol–water partition coefficient (Wildman–Crippen LogP) is 6.60. The van der Waals surface area contributed by atoms with Gasteiger partial charge in [0.2, 0.25) is 17.7 Å². The molecule has 69 heavy (non-hydrogen) atoms. The van der Waals surface area contributed by atoms with Crippen LogP contribution in [0.2, 0.25) is 0 Å². The van der Waals surface area contributed by atoms with E-state index < -0.39 is 23.7 Å². The number of hydrogen-bond acceptors (Lipinski definition) is 9. The molecule has 3 N–H and O–H groups in total. The van der Waals surface area contributed by atoms with Crippen LogP contribution in [-0.2, 0) is 39.8 Å². The number of aryl methyl sites for hydroxylation is 2. The molecule has 5 heterocycles. The maximum Gasteiger partial charge on any atom is 0.329 e. The molecule has 3 fully saturated rings. The highest BCUT2D eigenvalue weighted by Crippen LogP contribution is 2.40. The number of fused-ring (bicyclic) bond motifs is 2. The Morgan fingerprint density at radius 2 is 1.58 bits per heavy atom. The minimum absolute atomic E-state index is 0.0108. The Hall–Kier alpha value is -7.92. The van der Waals surface area contributed by atoms with Gasteiger partial charge < -0.3 is 25.2 Å². The summed E-state index contributed by atoms with van der Waals surface area (Å²) in [6.45, 7) is 2.34. The predicted molar refractivity (Wildman–Crippen MR) is 260 cm³/mol. The molecule has 1 unspecified atom stereocenters. The van der Waals surface area contributed by atoms with Crippen molar-refractivity contribution in [2.75, 3.05) is 41.8 Å². The molecule has 5 amide bonds. The Balaban J connectivity index is 0.875. The average Bonchev–Trinajstić information content (AvgIpc) is 4.03. The topological polar surface area (TPSA) is 182 Å². The van der Waals surface area contributed by atoms with Crippen molar-refractivity contribution in [1.82, 2.24) is 29.5 Å². The number of ether oxygens (including phenoxy) is 1. The van der Waals surface area contributed by atoms with E-state index in [9.17, 15) is 28.8 Å². The number of rotatable bonds is 11. The van der Waals surface area contributed by atoms with Crippen molar-refractivity contribution < 1.29 is 33.1 Å². The zero-order chi connectivity index (χ0) is 48.1. The van der Waals surface area contributed by atoms with Crippen LogP contribution in [0.1, 0.15) is 71.0 Å². The van der Waals surface area contributed by atoms with Crippen LogP contribution in [0.4, 0.5) is 21.5 Å². The fourth-order valence-corrected chi connectivity index (χ4v) is 10.0. The molecule has 3 saturated heterocycles. The van der Waals surface area contributed by atoms with Gasteiger partial charge in [-0.05, 0) is 103 Å². The number of amides is 5. The fourth-order valence-electron chi connectivity index (χ4n) is 10.0. The number of halogens is 1. The maximum absolute atomic E-state index is 17.2. The normalized spacial score (nSPS) is 16.7. The van der Waals surface area contributed by atoms with E-state index in [1.165, 1.54) is 22.4 Å². The van der Waals surface area contributed by atoms with Crippen molar-refractivity contribution in [3.05, 3.63) is 130 Å². The van der Waals surface area contributed by atoms with E-state index in [-0.39, 0.29) is 59.0 Å². The summed E-state index contributed by atoms with van der Waals surface area (Å²) in [4.78, 5) is 81.1. The van der Waals surface area contributed by atoms with Gasteiger partial charge in [0.05, 0.1) is 40.3 Å². The van der Waals surface area contributed by atoms with Crippen LogP contribution in [0.25, 0.3) is 44.2 Å². The number of aromatic nitrogens is 4. The van der Waals surface area contributed by atoms with Crippen molar-refractivity contribution in [2.24, 2.45) is 14.1 Å². The highest BCUT2D eigenvalue weighted by atomic mass is 19.1. The number of imide groups is 1. The maximum atomic E-state index is 17.2. The van der Waals surface area contributed by atoms with Crippen molar-refractivity contribution >= 4 is 68.5 Å². The summed E-state index contributed by atoms with van der Waals surface area (Å²) in [6, 6.07) is 28.3. The Morgan fingerprint density at radius 3 is 2.32 bits per heavy atom. The van der Waals surface area contributed by atoms with E-state index in [1.807, 2.05) is 60.7 Å². The molecule has 0 bridgehead atoms. The SMILES string of the molecule is CNC(=O)c1cccc(NC(=O)c2nn(C)c3ccc(-c4ccc(N5CCCC5=O)cc4-c4ccc(COC5CCN(c6cccc7c6n(C)c(=O)n7C6CCC(=O)NC6=O)CC5)cc4)c(F)c23)c1. The fraction of sp³-hybridized carbons (Fsp3) is 0.288. The molecule has 0 saturated carbocycles. The molecule has 2 aromatic heterocycles. The molecule has 17 heteroatoms. The zero-order valence-corrected chi connectivity index (χ0v) is 38.4. The van der Waals surface area contributed by atoms with Gasteiger partial charge in [0.15, 0.2) is 5.69 Å². The van der Waals surface area contributed by atoms with Gasteiger partial charge in [-0.15, -0.1) is 0 Å². The number of hydrogen-bond donors (Lipinski definition) is 3. The third kappa shape index (κ3) is 8.32. The number of piperidine rings is 2. The first-order chi connectivity index (χ1) is 33.4. The quantitative estimate of drug-likeness (QED) is 0.120. The van der Waals surface area contributed by atoms with Crippen molar-refractivity contribution in [2.45, 2.75) is 57.3 Å². The lowest BCUT2D eigenvalue weighted by atomic mass is 9.92. The third-order valence-electron chi connectivity index (χ3n) is 13.6. The van der Waals surface area contributed by atoms with Crippen LogP contribution in [0.5, 0.6) is 0 Å². The molecular formula is C52H50FN9O7. The van der Waals surface area contributed by atoms with E-state index >= 15 is 4.39 Å². The van der Waals surface area contributed by atoms with Crippen molar-refractivity contribution in [3.63, 3.8) is 0 Å². The molecule has 3 aliphatic rings. The zero-order valence-electron chi connectivity index (χ0n) is 38.4. The van der Waals surface area contributed by atoms with Crippen LogP contribution in [0.3, 0.4) is 0 Å². The summed E-state index contributed by atoms with van der Waals surface area (Å²) in [5, 5.41) is 12.2. The third-order valence-corrected chi connectivity index (χ3v) is 13.6. The largest absolute Gasteiger partial charge is 0.373 e. The summed E-state index contributed by atoms with van der Waals surface area (Å²) >= 11 is 0. The lowest BCUT2D eigenvalue weighted by molar-refractivity contribution is -0.135. The molecule has 5 aromatic carbocycles. The molecule has 0 radical (unpaired) electrons. The minimum Gasteiger partial charge on any atom is -0.373 e. The van der Waals surface area contributed by atoms with Gasteiger partial charge in [0.1, 0.15) is 11.9 Å². The number of imidazole rings is 1. The first-order valence-electron chi connectivity index (χ1n) is 23.1. The molecule has 0 spiro atoms. The Kier molecular flexibility index (Phi) is 11.9. The van der Waals surface area contributed by atoms with Gasteiger partial charge in [0.25, 0.3) is 11.8 Å². The van der Waals surface area contributed by atoms with Gasteiger partial charge in [-0.25, -0.2) is 9.18 Å². The van der Waals surface area contributed by atoms with Crippen LogP contribution in [0.15, 0.2) is 102 Å². The van der Waals surface area contributed by atoms with E-state index in [2.05, 4.69) is 25.9 Å². The second kappa shape index (κ2) is 18.3. The second-order valence-electron chi connectivity index (χ2n) is 17.8. The lowest BCUT2D eigenvalue weighted by Crippen LogP contribution is -2.44.